The largest absolute Gasteiger partial charge is 0.494 e. The van der Waals surface area contributed by atoms with E-state index in [1.807, 2.05) is 17.6 Å². The lowest BCUT2D eigenvalue weighted by Crippen LogP contribution is -2.26. The molecular formula is C26H24FN5O3. The Morgan fingerprint density at radius 2 is 1.94 bits per heavy atom. The maximum atomic E-state index is 13.8. The fraction of sp³-hybridized carbons (Fsp3) is 0.231. The molecule has 8 nitrogen and oxygen atoms in total. The third kappa shape index (κ3) is 4.32. The van der Waals surface area contributed by atoms with Crippen molar-refractivity contribution in [3.8, 4) is 11.4 Å². The molecule has 9 heteroatoms. The van der Waals surface area contributed by atoms with Gasteiger partial charge in [0, 0.05) is 30.3 Å². The molecule has 1 saturated carbocycles. The standard InChI is InChI=1S/C26H24FN5O3/c1-15-10-17(26(34)31(2)18-6-8-20(27)22(12-18)35-3)11-21-24(15)29-14-32(21)19-7-9-23(28-13-19)30-25(33)16-4-5-16/h6-14,16H,4-5H2,1-3H3,(H,28,30,33). The Morgan fingerprint density at radius 3 is 2.63 bits per heavy atom. The molecule has 0 aliphatic heterocycles. The van der Waals surface area contributed by atoms with Crippen molar-refractivity contribution in [2.45, 2.75) is 19.8 Å². The van der Waals surface area contributed by atoms with Gasteiger partial charge in [-0.2, -0.15) is 0 Å². The van der Waals surface area contributed by atoms with Gasteiger partial charge in [0.05, 0.1) is 30.0 Å². The lowest BCUT2D eigenvalue weighted by molar-refractivity contribution is -0.117. The monoisotopic (exact) mass is 473 g/mol. The summed E-state index contributed by atoms with van der Waals surface area (Å²) in [5.41, 5.74) is 4.07. The molecular weight excluding hydrogens is 449 g/mol. The van der Waals surface area contributed by atoms with Crippen molar-refractivity contribution in [1.82, 2.24) is 14.5 Å². The first kappa shape index (κ1) is 22.5. The smallest absolute Gasteiger partial charge is 0.258 e. The van der Waals surface area contributed by atoms with Gasteiger partial charge in [0.1, 0.15) is 12.1 Å². The third-order valence-electron chi connectivity index (χ3n) is 6.14. The zero-order valence-corrected chi connectivity index (χ0v) is 19.6. The van der Waals surface area contributed by atoms with Gasteiger partial charge in [0.25, 0.3) is 5.91 Å². The first-order valence-electron chi connectivity index (χ1n) is 11.2. The summed E-state index contributed by atoms with van der Waals surface area (Å²) in [4.78, 5) is 35.6. The number of nitrogens with one attached hydrogen (secondary N) is 1. The highest BCUT2D eigenvalue weighted by Crippen LogP contribution is 2.30. The number of amides is 2. The van der Waals surface area contributed by atoms with Crippen molar-refractivity contribution >= 4 is 34.4 Å². The summed E-state index contributed by atoms with van der Waals surface area (Å²) in [6.45, 7) is 1.89. The number of hydrogen-bond acceptors (Lipinski definition) is 5. The van der Waals surface area contributed by atoms with E-state index in [1.165, 1.54) is 30.2 Å². The van der Waals surface area contributed by atoms with Crippen molar-refractivity contribution in [3.05, 3.63) is 71.9 Å². The van der Waals surface area contributed by atoms with Crippen LogP contribution in [0.2, 0.25) is 0 Å². The van der Waals surface area contributed by atoms with Gasteiger partial charge in [-0.1, -0.05) is 0 Å². The number of aryl methyl sites for hydroxylation is 1. The van der Waals surface area contributed by atoms with E-state index in [-0.39, 0.29) is 23.5 Å². The number of pyridine rings is 1. The van der Waals surface area contributed by atoms with Gasteiger partial charge in [-0.25, -0.2) is 14.4 Å². The number of carbonyl (C=O) groups excluding carboxylic acids is 2. The first-order valence-corrected chi connectivity index (χ1v) is 11.2. The Labute approximate surface area is 201 Å². The Bertz CT molecular complexity index is 1440. The summed E-state index contributed by atoms with van der Waals surface area (Å²) in [6, 6.07) is 11.4. The number of rotatable bonds is 6. The van der Waals surface area contributed by atoms with Crippen molar-refractivity contribution < 1.29 is 18.7 Å². The highest BCUT2D eigenvalue weighted by molar-refractivity contribution is 6.07. The Hall–Kier alpha value is -4.27. The minimum absolute atomic E-state index is 0.00000362. The van der Waals surface area contributed by atoms with Crippen LogP contribution in [0.1, 0.15) is 28.8 Å². The van der Waals surface area contributed by atoms with Gasteiger partial charge >= 0.3 is 0 Å². The number of anilines is 2. The highest BCUT2D eigenvalue weighted by atomic mass is 19.1. The molecule has 5 rings (SSSR count). The van der Waals surface area contributed by atoms with E-state index >= 15 is 0 Å². The number of halogens is 1. The van der Waals surface area contributed by atoms with Crippen molar-refractivity contribution in [1.29, 1.82) is 0 Å². The lowest BCUT2D eigenvalue weighted by atomic mass is 10.1. The molecule has 1 fully saturated rings. The van der Waals surface area contributed by atoms with Gasteiger partial charge in [0.15, 0.2) is 11.6 Å². The van der Waals surface area contributed by atoms with Crippen LogP contribution in [0.25, 0.3) is 16.7 Å². The predicted octanol–water partition coefficient (Wildman–Crippen LogP) is 4.50. The zero-order chi connectivity index (χ0) is 24.7. The molecule has 2 aromatic heterocycles. The summed E-state index contributed by atoms with van der Waals surface area (Å²) in [5, 5.41) is 2.83. The molecule has 0 radical (unpaired) electrons. The van der Waals surface area contributed by atoms with E-state index in [9.17, 15) is 14.0 Å². The topological polar surface area (TPSA) is 89.4 Å². The molecule has 178 valence electrons. The van der Waals surface area contributed by atoms with Gasteiger partial charge in [-0.3, -0.25) is 14.2 Å². The number of carbonyl (C=O) groups is 2. The second-order valence-corrected chi connectivity index (χ2v) is 8.62. The number of nitrogens with zero attached hydrogens (tertiary/aromatic N) is 4. The molecule has 35 heavy (non-hydrogen) atoms. The quantitative estimate of drug-likeness (QED) is 0.445. The first-order chi connectivity index (χ1) is 16.9. The summed E-state index contributed by atoms with van der Waals surface area (Å²) in [6.07, 6.45) is 5.19. The Kier molecular flexibility index (Phi) is 5.68. The number of ether oxygens (including phenoxy) is 1. The Balaban J connectivity index is 1.45. The van der Waals surface area contributed by atoms with E-state index in [1.54, 1.807) is 37.8 Å². The molecule has 1 aliphatic carbocycles. The second-order valence-electron chi connectivity index (χ2n) is 8.62. The molecule has 4 aromatic rings. The number of methoxy groups -OCH3 is 1. The van der Waals surface area contributed by atoms with Crippen LogP contribution in [0.5, 0.6) is 5.75 Å². The maximum Gasteiger partial charge on any atom is 0.258 e. The van der Waals surface area contributed by atoms with E-state index in [4.69, 9.17) is 4.74 Å². The summed E-state index contributed by atoms with van der Waals surface area (Å²) >= 11 is 0. The minimum Gasteiger partial charge on any atom is -0.494 e. The molecule has 1 N–H and O–H groups in total. The fourth-order valence-electron chi connectivity index (χ4n) is 3.96. The molecule has 0 atom stereocenters. The van der Waals surface area contributed by atoms with Gasteiger partial charge in [-0.15, -0.1) is 0 Å². The highest BCUT2D eigenvalue weighted by Gasteiger charge is 2.29. The summed E-state index contributed by atoms with van der Waals surface area (Å²) < 4.78 is 20.7. The van der Waals surface area contributed by atoms with Gasteiger partial charge in [0.2, 0.25) is 5.91 Å². The third-order valence-corrected chi connectivity index (χ3v) is 6.14. The van der Waals surface area contributed by atoms with Crippen molar-refractivity contribution in [3.63, 3.8) is 0 Å². The van der Waals surface area contributed by atoms with Gasteiger partial charge < -0.3 is 15.0 Å². The van der Waals surface area contributed by atoms with Crippen molar-refractivity contribution in [2.75, 3.05) is 24.4 Å². The molecule has 0 spiro atoms. The maximum absolute atomic E-state index is 13.8. The molecule has 1 aliphatic rings. The number of fused-ring (bicyclic) bond motifs is 1. The summed E-state index contributed by atoms with van der Waals surface area (Å²) in [5.74, 6) is -0.0885. The number of aromatic nitrogens is 3. The van der Waals surface area contributed by atoms with Crippen LogP contribution >= 0.6 is 0 Å². The van der Waals surface area contributed by atoms with Crippen LogP contribution < -0.4 is 15.0 Å². The normalized spacial score (nSPS) is 13.0. The molecule has 0 saturated heterocycles. The summed E-state index contributed by atoms with van der Waals surface area (Å²) in [7, 11) is 3.01. The predicted molar refractivity (Wildman–Crippen MR) is 131 cm³/mol. The van der Waals surface area contributed by atoms with Crippen LogP contribution in [0, 0.1) is 18.7 Å². The SMILES string of the molecule is COc1cc(N(C)C(=O)c2cc(C)c3ncn(-c4ccc(NC(=O)C5CC5)nc4)c3c2)ccc1F. The fourth-order valence-corrected chi connectivity index (χ4v) is 3.96. The second kappa shape index (κ2) is 8.83. The van der Waals surface area contributed by atoms with Crippen LogP contribution in [-0.4, -0.2) is 40.5 Å². The van der Waals surface area contributed by atoms with E-state index < -0.39 is 5.82 Å². The molecule has 2 amide bonds. The minimum atomic E-state index is -0.495. The lowest BCUT2D eigenvalue weighted by Gasteiger charge is -2.19. The van der Waals surface area contributed by atoms with Crippen molar-refractivity contribution in [2.24, 2.45) is 5.92 Å². The van der Waals surface area contributed by atoms with Gasteiger partial charge in [-0.05, 0) is 61.7 Å². The van der Waals surface area contributed by atoms with Crippen LogP contribution in [-0.2, 0) is 4.79 Å². The van der Waals surface area contributed by atoms with Crippen LogP contribution in [0.15, 0.2) is 55.0 Å². The zero-order valence-electron chi connectivity index (χ0n) is 19.6. The molecule has 2 aromatic carbocycles. The number of benzene rings is 2. The van der Waals surface area contributed by atoms with E-state index in [2.05, 4.69) is 15.3 Å². The van der Waals surface area contributed by atoms with Crippen LogP contribution in [0.4, 0.5) is 15.9 Å². The average Bonchev–Trinajstić information content (AvgIpc) is 3.63. The van der Waals surface area contributed by atoms with E-state index in [0.717, 1.165) is 35.1 Å². The number of hydrogen-bond donors (Lipinski definition) is 1. The Morgan fingerprint density at radius 1 is 1.14 bits per heavy atom. The molecule has 0 bridgehead atoms. The van der Waals surface area contributed by atoms with Crippen LogP contribution in [0.3, 0.4) is 0 Å². The molecule has 0 unspecified atom stereocenters. The number of imidazole rings is 1. The molecule has 2 heterocycles. The van der Waals surface area contributed by atoms with E-state index in [0.29, 0.717) is 17.1 Å². The average molecular weight is 474 g/mol.